The summed E-state index contributed by atoms with van der Waals surface area (Å²) in [7, 11) is 1.42. The van der Waals surface area contributed by atoms with Crippen LogP contribution in [-0.2, 0) is 16.0 Å². The Morgan fingerprint density at radius 2 is 2.04 bits per heavy atom. The predicted molar refractivity (Wildman–Crippen MR) is 89.4 cm³/mol. The SMILES string of the molecule is COC(=O)[C@@H](C)[C@H](c1ccc(CCCC(C)O)c(O)c1)C1CC1. The second-order valence-electron chi connectivity index (χ2n) is 6.80. The van der Waals surface area contributed by atoms with Crippen LogP contribution in [0.3, 0.4) is 0 Å². The molecular formula is C19H28O4. The van der Waals surface area contributed by atoms with E-state index in [1.807, 2.05) is 19.1 Å². The molecule has 1 aromatic carbocycles. The van der Waals surface area contributed by atoms with Gasteiger partial charge >= 0.3 is 5.97 Å². The number of phenolic OH excluding ortho intramolecular Hbond substituents is 1. The molecule has 128 valence electrons. The van der Waals surface area contributed by atoms with Gasteiger partial charge in [0.2, 0.25) is 0 Å². The van der Waals surface area contributed by atoms with E-state index in [1.54, 1.807) is 13.0 Å². The number of phenols is 1. The summed E-state index contributed by atoms with van der Waals surface area (Å²) in [5, 5.41) is 19.6. The quantitative estimate of drug-likeness (QED) is 0.721. The van der Waals surface area contributed by atoms with Gasteiger partial charge in [-0.1, -0.05) is 19.1 Å². The number of esters is 1. The van der Waals surface area contributed by atoms with Crippen molar-refractivity contribution >= 4 is 5.97 Å². The first kappa shape index (κ1) is 17.8. The van der Waals surface area contributed by atoms with E-state index in [9.17, 15) is 15.0 Å². The molecule has 0 bridgehead atoms. The number of methoxy groups -OCH3 is 1. The van der Waals surface area contributed by atoms with E-state index >= 15 is 0 Å². The van der Waals surface area contributed by atoms with Crippen LogP contribution in [0.1, 0.15) is 56.6 Å². The molecule has 3 atom stereocenters. The molecule has 23 heavy (non-hydrogen) atoms. The average Bonchev–Trinajstić information content (AvgIpc) is 3.33. The van der Waals surface area contributed by atoms with Crippen molar-refractivity contribution in [3.63, 3.8) is 0 Å². The zero-order valence-electron chi connectivity index (χ0n) is 14.3. The van der Waals surface area contributed by atoms with Gasteiger partial charge < -0.3 is 14.9 Å². The van der Waals surface area contributed by atoms with Gasteiger partial charge in [-0.05, 0) is 68.1 Å². The fourth-order valence-electron chi connectivity index (χ4n) is 3.34. The van der Waals surface area contributed by atoms with Crippen molar-refractivity contribution in [2.45, 2.75) is 58.0 Å². The minimum atomic E-state index is -0.309. The number of hydrogen-bond acceptors (Lipinski definition) is 4. The standard InChI is InChI=1S/C19H28O4/c1-12(20)5-4-6-14-7-10-16(11-17(14)21)18(15-8-9-15)13(2)19(22)23-3/h7,10-13,15,18,20-21H,4-6,8-9H2,1-3H3/t12?,13-,18-/m0/s1. The molecule has 2 rings (SSSR count). The molecule has 1 aromatic rings. The van der Waals surface area contributed by atoms with Gasteiger partial charge in [0.25, 0.3) is 0 Å². The van der Waals surface area contributed by atoms with Gasteiger partial charge in [0.1, 0.15) is 5.75 Å². The number of aliphatic hydroxyl groups is 1. The summed E-state index contributed by atoms with van der Waals surface area (Å²) in [4.78, 5) is 11.9. The van der Waals surface area contributed by atoms with Crippen molar-refractivity contribution in [3.05, 3.63) is 29.3 Å². The summed E-state index contributed by atoms with van der Waals surface area (Å²) in [5.41, 5.74) is 1.91. The smallest absolute Gasteiger partial charge is 0.309 e. The van der Waals surface area contributed by atoms with Gasteiger partial charge in [0, 0.05) is 0 Å². The molecule has 1 fully saturated rings. The second-order valence-corrected chi connectivity index (χ2v) is 6.80. The molecule has 1 aliphatic carbocycles. The van der Waals surface area contributed by atoms with E-state index in [4.69, 9.17) is 4.74 Å². The molecule has 1 saturated carbocycles. The van der Waals surface area contributed by atoms with Crippen molar-refractivity contribution in [3.8, 4) is 5.75 Å². The van der Waals surface area contributed by atoms with Crippen molar-refractivity contribution in [1.29, 1.82) is 0 Å². The number of aliphatic hydroxyl groups excluding tert-OH is 1. The lowest BCUT2D eigenvalue weighted by atomic mass is 9.82. The average molecular weight is 320 g/mol. The Morgan fingerprint density at radius 3 is 2.57 bits per heavy atom. The van der Waals surface area contributed by atoms with Crippen LogP contribution >= 0.6 is 0 Å². The maximum absolute atomic E-state index is 11.9. The maximum atomic E-state index is 11.9. The minimum Gasteiger partial charge on any atom is -0.508 e. The minimum absolute atomic E-state index is 0.111. The summed E-state index contributed by atoms with van der Waals surface area (Å²) in [5.74, 6) is 0.510. The van der Waals surface area contributed by atoms with E-state index in [2.05, 4.69) is 0 Å². The normalized spacial score (nSPS) is 18.3. The van der Waals surface area contributed by atoms with Gasteiger partial charge in [0.05, 0.1) is 19.1 Å². The van der Waals surface area contributed by atoms with Gasteiger partial charge in [-0.3, -0.25) is 4.79 Å². The molecular weight excluding hydrogens is 292 g/mol. The van der Waals surface area contributed by atoms with Crippen molar-refractivity contribution in [1.82, 2.24) is 0 Å². The molecule has 0 radical (unpaired) electrons. The largest absolute Gasteiger partial charge is 0.508 e. The van der Waals surface area contributed by atoms with Crippen LogP contribution in [0.2, 0.25) is 0 Å². The van der Waals surface area contributed by atoms with Crippen molar-refractivity contribution in [2.75, 3.05) is 7.11 Å². The number of carbonyl (C=O) groups is 1. The molecule has 4 heteroatoms. The van der Waals surface area contributed by atoms with Crippen molar-refractivity contribution in [2.24, 2.45) is 11.8 Å². The van der Waals surface area contributed by atoms with Crippen LogP contribution < -0.4 is 0 Å². The molecule has 0 aliphatic heterocycles. The zero-order chi connectivity index (χ0) is 17.0. The van der Waals surface area contributed by atoms with Gasteiger partial charge in [-0.15, -0.1) is 0 Å². The van der Waals surface area contributed by atoms with E-state index in [1.165, 1.54) is 7.11 Å². The van der Waals surface area contributed by atoms with Crippen LogP contribution in [0, 0.1) is 11.8 Å². The number of rotatable bonds is 8. The number of carbonyl (C=O) groups excluding carboxylic acids is 1. The third-order valence-corrected chi connectivity index (χ3v) is 4.80. The fourth-order valence-corrected chi connectivity index (χ4v) is 3.34. The third-order valence-electron chi connectivity index (χ3n) is 4.80. The molecule has 0 heterocycles. The van der Waals surface area contributed by atoms with Crippen molar-refractivity contribution < 1.29 is 19.7 Å². The van der Waals surface area contributed by atoms with E-state index in [0.29, 0.717) is 5.92 Å². The maximum Gasteiger partial charge on any atom is 0.309 e. The number of aryl methyl sites for hydroxylation is 1. The van der Waals surface area contributed by atoms with Crippen LogP contribution in [-0.4, -0.2) is 29.4 Å². The highest BCUT2D eigenvalue weighted by Crippen LogP contribution is 2.47. The van der Waals surface area contributed by atoms with Gasteiger partial charge in [-0.25, -0.2) is 0 Å². The van der Waals surface area contributed by atoms with Crippen LogP contribution in [0.15, 0.2) is 18.2 Å². The summed E-state index contributed by atoms with van der Waals surface area (Å²) in [6.45, 7) is 3.68. The first-order chi connectivity index (χ1) is 10.9. The second kappa shape index (κ2) is 7.82. The Morgan fingerprint density at radius 1 is 1.35 bits per heavy atom. The first-order valence-electron chi connectivity index (χ1n) is 8.51. The van der Waals surface area contributed by atoms with Gasteiger partial charge in [-0.2, -0.15) is 0 Å². The third kappa shape index (κ3) is 4.71. The fraction of sp³-hybridized carbons (Fsp3) is 0.632. The van der Waals surface area contributed by atoms with Crippen LogP contribution in [0.25, 0.3) is 0 Å². The number of ether oxygens (including phenoxy) is 1. The van der Waals surface area contributed by atoms with E-state index in [-0.39, 0.29) is 29.7 Å². The monoisotopic (exact) mass is 320 g/mol. The summed E-state index contributed by atoms with van der Waals surface area (Å²) < 4.78 is 4.90. The molecule has 0 amide bonds. The highest BCUT2D eigenvalue weighted by Gasteiger charge is 2.39. The predicted octanol–water partition coefficient (Wildman–Crippen LogP) is 3.40. The molecule has 1 aliphatic rings. The molecule has 4 nitrogen and oxygen atoms in total. The molecule has 2 N–H and O–H groups in total. The Kier molecular flexibility index (Phi) is 6.05. The Bertz CT molecular complexity index is 534. The molecule has 1 unspecified atom stereocenters. The topological polar surface area (TPSA) is 66.8 Å². The zero-order valence-corrected chi connectivity index (χ0v) is 14.3. The Hall–Kier alpha value is -1.55. The highest BCUT2D eigenvalue weighted by molar-refractivity contribution is 5.73. The summed E-state index contributed by atoms with van der Waals surface area (Å²) in [6.07, 6.45) is 4.26. The Labute approximate surface area is 138 Å². The highest BCUT2D eigenvalue weighted by atomic mass is 16.5. The lowest BCUT2D eigenvalue weighted by Crippen LogP contribution is -2.22. The van der Waals surface area contributed by atoms with E-state index in [0.717, 1.165) is 43.2 Å². The Balaban J connectivity index is 2.11. The van der Waals surface area contributed by atoms with Crippen LogP contribution in [0.5, 0.6) is 5.75 Å². The number of aromatic hydroxyl groups is 1. The lowest BCUT2D eigenvalue weighted by molar-refractivity contribution is -0.145. The molecule has 0 aromatic heterocycles. The van der Waals surface area contributed by atoms with Crippen LogP contribution in [0.4, 0.5) is 0 Å². The van der Waals surface area contributed by atoms with E-state index < -0.39 is 0 Å². The van der Waals surface area contributed by atoms with Gasteiger partial charge in [0.15, 0.2) is 0 Å². The lowest BCUT2D eigenvalue weighted by Gasteiger charge is -2.23. The molecule has 0 spiro atoms. The first-order valence-corrected chi connectivity index (χ1v) is 8.51. The summed E-state index contributed by atoms with van der Waals surface area (Å²) in [6, 6.07) is 5.78. The summed E-state index contributed by atoms with van der Waals surface area (Å²) >= 11 is 0. The number of hydrogen-bond donors (Lipinski definition) is 2. The molecule has 0 saturated heterocycles. The number of benzene rings is 1.